The summed E-state index contributed by atoms with van der Waals surface area (Å²) in [5.74, 6) is -0.458. The SMILES string of the molecule is Cc1cccc(N2CC(C(=O)Nc3cccc4ccccc34)CC2=O)c1. The second kappa shape index (κ2) is 6.64. The van der Waals surface area contributed by atoms with Gasteiger partial charge in [-0.15, -0.1) is 0 Å². The maximum absolute atomic E-state index is 12.8. The van der Waals surface area contributed by atoms with Gasteiger partial charge in [-0.2, -0.15) is 0 Å². The van der Waals surface area contributed by atoms with Crippen molar-refractivity contribution >= 4 is 34.0 Å². The standard InChI is InChI=1S/C22H20N2O2/c1-15-6-4-9-18(12-15)24-14-17(13-21(24)25)22(26)23-20-11-5-8-16-7-2-3-10-19(16)20/h2-12,17H,13-14H2,1H3,(H,23,26). The first kappa shape index (κ1) is 16.3. The summed E-state index contributed by atoms with van der Waals surface area (Å²) in [7, 11) is 0. The minimum atomic E-state index is -0.345. The topological polar surface area (TPSA) is 49.4 Å². The fourth-order valence-corrected chi connectivity index (χ4v) is 3.50. The first-order valence-electron chi connectivity index (χ1n) is 8.77. The Kier molecular flexibility index (Phi) is 4.17. The first-order chi connectivity index (χ1) is 12.6. The van der Waals surface area contributed by atoms with Crippen LogP contribution in [-0.4, -0.2) is 18.4 Å². The molecule has 4 rings (SSSR count). The average Bonchev–Trinajstić information content (AvgIpc) is 3.04. The predicted octanol–water partition coefficient (Wildman–Crippen LogP) is 4.14. The number of amides is 2. The summed E-state index contributed by atoms with van der Waals surface area (Å²) in [4.78, 5) is 26.9. The van der Waals surface area contributed by atoms with Gasteiger partial charge in [0.25, 0.3) is 0 Å². The maximum atomic E-state index is 12.8. The van der Waals surface area contributed by atoms with Gasteiger partial charge in [0.1, 0.15) is 0 Å². The fourth-order valence-electron chi connectivity index (χ4n) is 3.50. The van der Waals surface area contributed by atoms with E-state index in [0.29, 0.717) is 6.54 Å². The van der Waals surface area contributed by atoms with Gasteiger partial charge in [-0.05, 0) is 36.1 Å². The van der Waals surface area contributed by atoms with Gasteiger partial charge in [-0.1, -0.05) is 48.5 Å². The van der Waals surface area contributed by atoms with Crippen molar-refractivity contribution in [2.45, 2.75) is 13.3 Å². The first-order valence-corrected chi connectivity index (χ1v) is 8.77. The third-order valence-electron chi connectivity index (χ3n) is 4.86. The number of rotatable bonds is 3. The Morgan fingerprint density at radius 1 is 1.04 bits per heavy atom. The summed E-state index contributed by atoms with van der Waals surface area (Å²) in [6, 6.07) is 21.6. The molecule has 0 saturated carbocycles. The normalized spacial score (nSPS) is 16.9. The van der Waals surface area contributed by atoms with Crippen LogP contribution in [0.1, 0.15) is 12.0 Å². The van der Waals surface area contributed by atoms with E-state index in [9.17, 15) is 9.59 Å². The minimum Gasteiger partial charge on any atom is -0.325 e. The molecule has 3 aromatic rings. The van der Waals surface area contributed by atoms with Gasteiger partial charge in [0.15, 0.2) is 0 Å². The molecule has 0 bridgehead atoms. The van der Waals surface area contributed by atoms with E-state index in [1.54, 1.807) is 4.90 Å². The lowest BCUT2D eigenvalue weighted by Gasteiger charge is -2.17. The quantitative estimate of drug-likeness (QED) is 0.776. The van der Waals surface area contributed by atoms with Crippen LogP contribution in [0.25, 0.3) is 10.8 Å². The highest BCUT2D eigenvalue weighted by Gasteiger charge is 2.35. The molecule has 0 aromatic heterocycles. The minimum absolute atomic E-state index is 0.00586. The van der Waals surface area contributed by atoms with Crippen molar-refractivity contribution in [3.63, 3.8) is 0 Å². The summed E-state index contributed by atoms with van der Waals surface area (Å²) in [5.41, 5.74) is 2.74. The molecule has 130 valence electrons. The molecule has 1 N–H and O–H groups in total. The molecular weight excluding hydrogens is 324 g/mol. The van der Waals surface area contributed by atoms with Crippen molar-refractivity contribution in [2.75, 3.05) is 16.8 Å². The molecular formula is C22H20N2O2. The molecule has 1 unspecified atom stereocenters. The summed E-state index contributed by atoms with van der Waals surface area (Å²) in [6.07, 6.45) is 0.241. The molecule has 4 heteroatoms. The Balaban J connectivity index is 1.53. The number of carbonyl (C=O) groups excluding carboxylic acids is 2. The van der Waals surface area contributed by atoms with Crippen LogP contribution in [0.2, 0.25) is 0 Å². The van der Waals surface area contributed by atoms with E-state index in [0.717, 1.165) is 27.7 Å². The number of anilines is 2. The van der Waals surface area contributed by atoms with Crippen LogP contribution in [0.4, 0.5) is 11.4 Å². The highest BCUT2D eigenvalue weighted by atomic mass is 16.2. The number of fused-ring (bicyclic) bond motifs is 1. The highest BCUT2D eigenvalue weighted by molar-refractivity contribution is 6.07. The van der Waals surface area contributed by atoms with Crippen LogP contribution >= 0.6 is 0 Å². The Morgan fingerprint density at radius 3 is 2.65 bits per heavy atom. The largest absolute Gasteiger partial charge is 0.325 e. The Labute approximate surface area is 152 Å². The summed E-state index contributed by atoms with van der Waals surface area (Å²) >= 11 is 0. The van der Waals surface area contributed by atoms with Crippen LogP contribution in [0, 0.1) is 12.8 Å². The molecule has 1 saturated heterocycles. The van der Waals surface area contributed by atoms with Gasteiger partial charge in [0, 0.05) is 29.7 Å². The summed E-state index contributed by atoms with van der Waals surface area (Å²) in [5, 5.41) is 5.09. The van der Waals surface area contributed by atoms with Gasteiger partial charge in [-0.3, -0.25) is 9.59 Å². The zero-order chi connectivity index (χ0) is 18.1. The van der Waals surface area contributed by atoms with Crippen molar-refractivity contribution in [3.05, 3.63) is 72.3 Å². The van der Waals surface area contributed by atoms with Gasteiger partial charge in [-0.25, -0.2) is 0 Å². The van der Waals surface area contributed by atoms with Crippen molar-refractivity contribution in [3.8, 4) is 0 Å². The molecule has 0 aliphatic carbocycles. The number of hydrogen-bond donors (Lipinski definition) is 1. The van der Waals surface area contributed by atoms with Crippen molar-refractivity contribution in [2.24, 2.45) is 5.92 Å². The average molecular weight is 344 g/mol. The number of benzene rings is 3. The predicted molar refractivity (Wildman–Crippen MR) is 104 cm³/mol. The van der Waals surface area contributed by atoms with Gasteiger partial charge in [0.05, 0.1) is 5.92 Å². The molecule has 26 heavy (non-hydrogen) atoms. The van der Waals surface area contributed by atoms with Crippen LogP contribution in [0.15, 0.2) is 66.7 Å². The summed E-state index contributed by atoms with van der Waals surface area (Å²) in [6.45, 7) is 2.41. The Morgan fingerprint density at radius 2 is 1.81 bits per heavy atom. The fraction of sp³-hybridized carbons (Fsp3) is 0.182. The molecule has 2 amide bonds. The molecule has 1 heterocycles. The number of nitrogens with one attached hydrogen (secondary N) is 1. The van der Waals surface area contributed by atoms with Crippen LogP contribution in [-0.2, 0) is 9.59 Å². The Bertz CT molecular complexity index is 991. The number of nitrogens with zero attached hydrogens (tertiary/aromatic N) is 1. The zero-order valence-electron chi connectivity index (χ0n) is 14.6. The monoisotopic (exact) mass is 344 g/mol. The third kappa shape index (κ3) is 3.06. The van der Waals surface area contributed by atoms with E-state index in [1.807, 2.05) is 73.7 Å². The second-order valence-corrected chi connectivity index (χ2v) is 6.76. The van der Waals surface area contributed by atoms with Gasteiger partial charge in [0.2, 0.25) is 11.8 Å². The third-order valence-corrected chi connectivity index (χ3v) is 4.86. The second-order valence-electron chi connectivity index (χ2n) is 6.76. The number of carbonyl (C=O) groups is 2. The number of aryl methyl sites for hydroxylation is 1. The smallest absolute Gasteiger partial charge is 0.229 e. The molecule has 1 atom stereocenters. The lowest BCUT2D eigenvalue weighted by Crippen LogP contribution is -2.28. The van der Waals surface area contributed by atoms with E-state index in [-0.39, 0.29) is 24.2 Å². The highest BCUT2D eigenvalue weighted by Crippen LogP contribution is 2.28. The summed E-state index contributed by atoms with van der Waals surface area (Å²) < 4.78 is 0. The molecule has 4 nitrogen and oxygen atoms in total. The molecule has 3 aromatic carbocycles. The van der Waals surface area contributed by atoms with E-state index in [1.165, 1.54) is 0 Å². The number of hydrogen-bond acceptors (Lipinski definition) is 2. The molecule has 1 aliphatic rings. The van der Waals surface area contributed by atoms with Crippen molar-refractivity contribution in [1.82, 2.24) is 0 Å². The lowest BCUT2D eigenvalue weighted by molar-refractivity contribution is -0.122. The Hall–Kier alpha value is -3.14. The van der Waals surface area contributed by atoms with Crippen molar-refractivity contribution in [1.29, 1.82) is 0 Å². The molecule has 1 fully saturated rings. The molecule has 0 spiro atoms. The van der Waals surface area contributed by atoms with E-state index in [2.05, 4.69) is 5.32 Å². The molecule has 0 radical (unpaired) electrons. The molecule has 1 aliphatic heterocycles. The van der Waals surface area contributed by atoms with E-state index >= 15 is 0 Å². The van der Waals surface area contributed by atoms with E-state index in [4.69, 9.17) is 0 Å². The van der Waals surface area contributed by atoms with E-state index < -0.39 is 0 Å². The van der Waals surface area contributed by atoms with Gasteiger partial charge >= 0.3 is 0 Å². The zero-order valence-corrected chi connectivity index (χ0v) is 14.6. The lowest BCUT2D eigenvalue weighted by atomic mass is 10.1. The van der Waals surface area contributed by atoms with Gasteiger partial charge < -0.3 is 10.2 Å². The maximum Gasteiger partial charge on any atom is 0.229 e. The van der Waals surface area contributed by atoms with Crippen LogP contribution < -0.4 is 10.2 Å². The van der Waals surface area contributed by atoms with Crippen molar-refractivity contribution < 1.29 is 9.59 Å². The van der Waals surface area contributed by atoms with Crippen LogP contribution in [0.5, 0.6) is 0 Å². The van der Waals surface area contributed by atoms with Crippen LogP contribution in [0.3, 0.4) is 0 Å².